The Balaban J connectivity index is 1.60. The van der Waals surface area contributed by atoms with Crippen LogP contribution in [0.15, 0.2) is 47.4 Å². The minimum absolute atomic E-state index is 0.230. The Bertz CT molecular complexity index is 992. The third-order valence-electron chi connectivity index (χ3n) is 4.73. The Morgan fingerprint density at radius 2 is 1.66 bits per heavy atom. The van der Waals surface area contributed by atoms with Gasteiger partial charge in [-0.25, -0.2) is 12.8 Å². The van der Waals surface area contributed by atoms with Crippen molar-refractivity contribution in [2.75, 3.05) is 26.2 Å². The second kappa shape index (κ2) is 8.73. The van der Waals surface area contributed by atoms with Crippen LogP contribution in [0.2, 0.25) is 5.02 Å². The topological polar surface area (TPSA) is 57.7 Å². The molecule has 0 atom stereocenters. The number of piperazine rings is 1. The van der Waals surface area contributed by atoms with Crippen LogP contribution in [0.4, 0.5) is 13.2 Å². The van der Waals surface area contributed by atoms with Crippen molar-refractivity contribution in [3.05, 3.63) is 64.4 Å². The van der Waals surface area contributed by atoms with Crippen LogP contribution < -0.4 is 0 Å². The summed E-state index contributed by atoms with van der Waals surface area (Å²) in [5.74, 6) is -4.21. The number of rotatable bonds is 5. The Hall–Kier alpha value is -2.10. The van der Waals surface area contributed by atoms with Gasteiger partial charge in [0.2, 0.25) is 9.84 Å². The highest BCUT2D eigenvalue weighted by atomic mass is 35.5. The Labute approximate surface area is 171 Å². The Morgan fingerprint density at radius 3 is 2.21 bits per heavy atom. The van der Waals surface area contributed by atoms with E-state index in [9.17, 15) is 26.4 Å². The van der Waals surface area contributed by atoms with E-state index in [0.717, 1.165) is 17.7 Å². The van der Waals surface area contributed by atoms with Crippen LogP contribution in [-0.2, 0) is 16.4 Å². The highest BCUT2D eigenvalue weighted by molar-refractivity contribution is 7.91. The molecule has 0 radical (unpaired) electrons. The van der Waals surface area contributed by atoms with Gasteiger partial charge in [-0.2, -0.15) is 8.78 Å². The number of benzene rings is 2. The summed E-state index contributed by atoms with van der Waals surface area (Å²) < 4.78 is 61.3. The van der Waals surface area contributed by atoms with E-state index in [4.69, 9.17) is 11.6 Å². The van der Waals surface area contributed by atoms with Gasteiger partial charge in [0, 0.05) is 43.3 Å². The van der Waals surface area contributed by atoms with Crippen LogP contribution in [0, 0.1) is 5.82 Å². The minimum atomic E-state index is -4.69. The average Bonchev–Trinajstić information content (AvgIpc) is 2.70. The zero-order chi connectivity index (χ0) is 21.2. The first kappa shape index (κ1) is 21.6. The maximum absolute atomic E-state index is 13.1. The zero-order valence-corrected chi connectivity index (χ0v) is 16.8. The number of nitrogens with zero attached hydrogens (tertiary/aromatic N) is 2. The largest absolute Gasteiger partial charge is 0.341 e. The smallest absolute Gasteiger partial charge is 0.336 e. The van der Waals surface area contributed by atoms with Crippen molar-refractivity contribution in [2.24, 2.45) is 0 Å². The van der Waals surface area contributed by atoms with Crippen molar-refractivity contribution < 1.29 is 26.4 Å². The van der Waals surface area contributed by atoms with Gasteiger partial charge in [-0.3, -0.25) is 9.69 Å². The molecule has 0 unspecified atom stereocenters. The van der Waals surface area contributed by atoms with E-state index in [0.29, 0.717) is 37.7 Å². The number of hydrogen-bond acceptors (Lipinski definition) is 4. The van der Waals surface area contributed by atoms with E-state index in [1.165, 1.54) is 24.3 Å². The molecule has 0 bridgehead atoms. The summed E-state index contributed by atoms with van der Waals surface area (Å²) in [7, 11) is -4.69. The summed E-state index contributed by atoms with van der Waals surface area (Å²) in [5.41, 5.74) is 1.02. The molecule has 156 valence electrons. The molecule has 5 nitrogen and oxygen atoms in total. The van der Waals surface area contributed by atoms with Crippen molar-refractivity contribution >= 4 is 27.3 Å². The van der Waals surface area contributed by atoms with E-state index in [1.807, 2.05) is 0 Å². The molecule has 1 aliphatic rings. The summed E-state index contributed by atoms with van der Waals surface area (Å²) in [4.78, 5) is 15.8. The van der Waals surface area contributed by atoms with E-state index < -0.39 is 26.3 Å². The number of sulfone groups is 1. The van der Waals surface area contributed by atoms with Gasteiger partial charge < -0.3 is 4.90 Å². The Morgan fingerprint density at radius 1 is 1.03 bits per heavy atom. The van der Waals surface area contributed by atoms with Crippen molar-refractivity contribution in [1.82, 2.24) is 9.80 Å². The van der Waals surface area contributed by atoms with Gasteiger partial charge in [-0.05, 0) is 42.0 Å². The summed E-state index contributed by atoms with van der Waals surface area (Å²) in [6, 6.07) is 8.74. The predicted molar refractivity (Wildman–Crippen MR) is 102 cm³/mol. The number of hydrogen-bond donors (Lipinski definition) is 0. The van der Waals surface area contributed by atoms with E-state index in [2.05, 4.69) is 4.90 Å². The number of alkyl halides is 2. The van der Waals surface area contributed by atoms with Gasteiger partial charge in [-0.1, -0.05) is 17.7 Å². The van der Waals surface area contributed by atoms with Gasteiger partial charge in [0.05, 0.1) is 4.90 Å². The average molecular weight is 447 g/mol. The van der Waals surface area contributed by atoms with Crippen LogP contribution in [0.25, 0.3) is 0 Å². The molecule has 10 heteroatoms. The summed E-state index contributed by atoms with van der Waals surface area (Å²) in [6.07, 6.45) is 0. The van der Waals surface area contributed by atoms with Gasteiger partial charge in [0.25, 0.3) is 5.91 Å². The lowest BCUT2D eigenvalue weighted by atomic mass is 10.1. The molecule has 2 aromatic carbocycles. The van der Waals surface area contributed by atoms with Crippen LogP contribution in [0.1, 0.15) is 15.9 Å². The maximum atomic E-state index is 13.1. The van der Waals surface area contributed by atoms with Crippen LogP contribution >= 0.6 is 11.6 Å². The molecule has 1 fully saturated rings. The molecule has 1 heterocycles. The second-order valence-electron chi connectivity index (χ2n) is 6.63. The SMILES string of the molecule is O=C(c1ccc(S(=O)(=O)C(F)F)cc1)N1CCN(Cc2ccc(F)cc2Cl)CC1. The van der Waals surface area contributed by atoms with Crippen molar-refractivity contribution in [2.45, 2.75) is 17.2 Å². The molecule has 2 aromatic rings. The molecule has 1 amide bonds. The molecule has 3 rings (SSSR count). The highest BCUT2D eigenvalue weighted by Crippen LogP contribution is 2.21. The number of carbonyl (C=O) groups excluding carboxylic acids is 1. The third-order valence-corrected chi connectivity index (χ3v) is 6.48. The second-order valence-corrected chi connectivity index (χ2v) is 8.96. The first-order chi connectivity index (χ1) is 13.7. The zero-order valence-electron chi connectivity index (χ0n) is 15.2. The fourth-order valence-electron chi connectivity index (χ4n) is 3.07. The van der Waals surface area contributed by atoms with Crippen LogP contribution in [-0.4, -0.2) is 56.1 Å². The van der Waals surface area contributed by atoms with Crippen molar-refractivity contribution in [3.63, 3.8) is 0 Å². The van der Waals surface area contributed by atoms with Gasteiger partial charge in [0.15, 0.2) is 0 Å². The molecule has 0 saturated carbocycles. The molecule has 29 heavy (non-hydrogen) atoms. The van der Waals surface area contributed by atoms with Gasteiger partial charge >= 0.3 is 5.76 Å². The Kier molecular flexibility index (Phi) is 6.50. The molecule has 0 aliphatic carbocycles. The lowest BCUT2D eigenvalue weighted by molar-refractivity contribution is 0.0628. The van der Waals surface area contributed by atoms with E-state index >= 15 is 0 Å². The molecule has 1 saturated heterocycles. The first-order valence-electron chi connectivity index (χ1n) is 8.76. The molecule has 1 aliphatic heterocycles. The number of carbonyl (C=O) groups is 1. The number of amides is 1. The normalized spacial score (nSPS) is 15.7. The molecule has 0 N–H and O–H groups in total. The van der Waals surface area contributed by atoms with Crippen LogP contribution in [0.5, 0.6) is 0 Å². The fraction of sp³-hybridized carbons (Fsp3) is 0.316. The first-order valence-corrected chi connectivity index (χ1v) is 10.7. The third kappa shape index (κ3) is 4.91. The summed E-state index contributed by atoms with van der Waals surface area (Å²) in [6.45, 7) is 2.57. The minimum Gasteiger partial charge on any atom is -0.336 e. The van der Waals surface area contributed by atoms with E-state index in [-0.39, 0.29) is 11.5 Å². The van der Waals surface area contributed by atoms with Gasteiger partial charge in [-0.15, -0.1) is 0 Å². The quantitative estimate of drug-likeness (QED) is 0.706. The van der Waals surface area contributed by atoms with Crippen LogP contribution in [0.3, 0.4) is 0 Å². The molecule has 0 spiro atoms. The summed E-state index contributed by atoms with van der Waals surface area (Å²) in [5, 5.41) is 0.349. The molecular weight excluding hydrogens is 429 g/mol. The number of halogens is 4. The van der Waals surface area contributed by atoms with Crippen molar-refractivity contribution in [1.29, 1.82) is 0 Å². The maximum Gasteiger partial charge on any atom is 0.341 e. The monoisotopic (exact) mass is 446 g/mol. The van der Waals surface area contributed by atoms with Crippen molar-refractivity contribution in [3.8, 4) is 0 Å². The lowest BCUT2D eigenvalue weighted by Crippen LogP contribution is -2.48. The molecular formula is C19H18ClF3N2O3S. The van der Waals surface area contributed by atoms with E-state index in [1.54, 1.807) is 11.0 Å². The lowest BCUT2D eigenvalue weighted by Gasteiger charge is -2.35. The van der Waals surface area contributed by atoms with Gasteiger partial charge in [0.1, 0.15) is 5.82 Å². The molecule has 0 aromatic heterocycles. The fourth-order valence-corrected chi connectivity index (χ4v) is 4.02. The standard InChI is InChI=1S/C19H18ClF3N2O3S/c20-17-11-15(21)4-1-14(17)12-24-7-9-25(10-8-24)18(26)13-2-5-16(6-3-13)29(27,28)19(22)23/h1-6,11,19H,7-10,12H2. The summed E-state index contributed by atoms with van der Waals surface area (Å²) >= 11 is 6.05. The highest BCUT2D eigenvalue weighted by Gasteiger charge is 2.27. The predicted octanol–water partition coefficient (Wildman–Crippen LogP) is 3.43.